The number of rotatable bonds is 6. The van der Waals surface area contributed by atoms with Gasteiger partial charge in [-0.15, -0.1) is 0 Å². The quantitative estimate of drug-likeness (QED) is 0.214. The molecule has 0 radical (unpaired) electrons. The summed E-state index contributed by atoms with van der Waals surface area (Å²) in [4.78, 5) is 29.5. The standard InChI is InChI=1S/C39H43F2NO6/c1-24-6-5-16-38(2)32(15-17-39(38)23-42(37(45)48-39)22-27-9-12-29(46-3)21-35(27)47-4)30-13-8-25(18-28(43)11-7-24)19-31(30)36(44)26-10-14-33(40)34(41)20-26/h6,8-10,12-14,19-21,28,32,43H,5,7,11,15-18,22-23H2,1-4H3/t28-,32-,38-,39+/m0/s1. The van der Waals surface area contributed by atoms with Crippen LogP contribution in [0.4, 0.5) is 13.6 Å². The molecule has 7 rings (SSSR count). The number of benzene rings is 3. The smallest absolute Gasteiger partial charge is 0.410 e. The minimum absolute atomic E-state index is 0.0499. The highest BCUT2D eigenvalue weighted by molar-refractivity contribution is 6.10. The molecule has 7 nitrogen and oxygen atoms in total. The normalized spacial score (nSPS) is 25.8. The first kappa shape index (κ1) is 33.7. The fourth-order valence-electron chi connectivity index (χ4n) is 8.09. The summed E-state index contributed by atoms with van der Waals surface area (Å²) in [5, 5.41) is 10.8. The third-order valence-corrected chi connectivity index (χ3v) is 10.9. The molecule has 1 amide bonds. The Bertz CT molecular complexity index is 1760. The summed E-state index contributed by atoms with van der Waals surface area (Å²) >= 11 is 0. The molecular weight excluding hydrogens is 616 g/mol. The number of hydrogen-bond acceptors (Lipinski definition) is 6. The first-order chi connectivity index (χ1) is 23.0. The van der Waals surface area contributed by atoms with Gasteiger partial charge in [-0.3, -0.25) is 9.69 Å². The van der Waals surface area contributed by atoms with Gasteiger partial charge in [-0.2, -0.15) is 0 Å². The predicted octanol–water partition coefficient (Wildman–Crippen LogP) is 7.91. The Balaban J connectivity index is 1.41. The number of hydrogen-bond donors (Lipinski definition) is 1. The molecule has 1 saturated carbocycles. The van der Waals surface area contributed by atoms with E-state index < -0.39 is 40.6 Å². The van der Waals surface area contributed by atoms with E-state index in [2.05, 4.69) is 19.9 Å². The van der Waals surface area contributed by atoms with Crippen molar-refractivity contribution < 1.29 is 37.7 Å². The molecule has 48 heavy (non-hydrogen) atoms. The Morgan fingerprint density at radius 1 is 1.02 bits per heavy atom. The number of ketones is 1. The topological polar surface area (TPSA) is 85.3 Å². The lowest BCUT2D eigenvalue weighted by molar-refractivity contribution is -0.0373. The van der Waals surface area contributed by atoms with E-state index in [9.17, 15) is 23.5 Å². The van der Waals surface area contributed by atoms with Crippen molar-refractivity contribution in [3.63, 3.8) is 0 Å². The van der Waals surface area contributed by atoms with Crippen LogP contribution in [0.25, 0.3) is 0 Å². The summed E-state index contributed by atoms with van der Waals surface area (Å²) in [5.74, 6) is -1.44. The van der Waals surface area contributed by atoms with Gasteiger partial charge in [0.25, 0.3) is 0 Å². The Hall–Kier alpha value is -4.24. The number of nitrogens with zero attached hydrogens (tertiary/aromatic N) is 1. The van der Waals surface area contributed by atoms with Crippen LogP contribution in [0.3, 0.4) is 0 Å². The van der Waals surface area contributed by atoms with E-state index in [0.717, 1.165) is 41.7 Å². The van der Waals surface area contributed by atoms with Crippen molar-refractivity contribution in [2.45, 2.75) is 83.0 Å². The van der Waals surface area contributed by atoms with Gasteiger partial charge in [0, 0.05) is 28.2 Å². The molecule has 3 aliphatic carbocycles. The van der Waals surface area contributed by atoms with E-state index in [1.165, 1.54) is 11.6 Å². The van der Waals surface area contributed by atoms with Crippen LogP contribution in [0.15, 0.2) is 66.2 Å². The molecular formula is C39H43F2NO6. The number of halogens is 2. The Kier molecular flexibility index (Phi) is 9.35. The number of aliphatic hydroxyl groups excluding tert-OH is 1. The van der Waals surface area contributed by atoms with Crippen molar-refractivity contribution >= 4 is 11.9 Å². The second kappa shape index (κ2) is 13.3. The fraction of sp³-hybridized carbons (Fsp3) is 0.436. The van der Waals surface area contributed by atoms with Gasteiger partial charge < -0.3 is 19.3 Å². The SMILES string of the molecule is COc1ccc(CN2C[C@@]3(CC[C@H]4c5ccc(cc5C(=O)c5ccc(F)c(F)c5)C[C@@H](O)CCC(C)=CCC[C@@]43C)OC2=O)c(OC)c1. The molecule has 1 spiro atoms. The van der Waals surface area contributed by atoms with Gasteiger partial charge in [0.05, 0.1) is 33.4 Å². The van der Waals surface area contributed by atoms with Gasteiger partial charge >= 0.3 is 6.09 Å². The van der Waals surface area contributed by atoms with Gasteiger partial charge in [0.2, 0.25) is 0 Å². The Labute approximate surface area is 280 Å². The van der Waals surface area contributed by atoms with Crippen molar-refractivity contribution in [3.05, 3.63) is 106 Å². The molecule has 1 saturated heterocycles. The molecule has 4 atom stereocenters. The lowest BCUT2D eigenvalue weighted by atomic mass is 9.64. The summed E-state index contributed by atoms with van der Waals surface area (Å²) in [6, 6.07) is 14.4. The van der Waals surface area contributed by atoms with Gasteiger partial charge in [0.1, 0.15) is 17.1 Å². The zero-order chi connectivity index (χ0) is 34.2. The number of methoxy groups -OCH3 is 2. The highest BCUT2D eigenvalue weighted by Crippen LogP contribution is 2.62. The van der Waals surface area contributed by atoms with E-state index >= 15 is 0 Å². The van der Waals surface area contributed by atoms with Crippen LogP contribution in [-0.4, -0.2) is 54.4 Å². The third kappa shape index (κ3) is 6.20. The van der Waals surface area contributed by atoms with Crippen LogP contribution < -0.4 is 9.47 Å². The zero-order valence-corrected chi connectivity index (χ0v) is 28.0. The van der Waals surface area contributed by atoms with E-state index in [1.807, 2.05) is 24.3 Å². The second-order valence-electron chi connectivity index (χ2n) is 13.8. The fourth-order valence-corrected chi connectivity index (χ4v) is 8.09. The van der Waals surface area contributed by atoms with Gasteiger partial charge in [-0.05, 0) is 105 Å². The number of amides is 1. The first-order valence-electron chi connectivity index (χ1n) is 16.6. The van der Waals surface area contributed by atoms with E-state index in [1.54, 1.807) is 31.3 Å². The molecule has 1 aliphatic heterocycles. The number of allylic oxidation sites excluding steroid dienone is 2. The molecule has 3 aromatic rings. The summed E-state index contributed by atoms with van der Waals surface area (Å²) in [5.41, 5.74) is 2.63. The van der Waals surface area contributed by atoms with Gasteiger partial charge in [-0.1, -0.05) is 30.7 Å². The van der Waals surface area contributed by atoms with E-state index in [4.69, 9.17) is 14.2 Å². The molecule has 3 aromatic carbocycles. The first-order valence-corrected chi connectivity index (χ1v) is 16.6. The lowest BCUT2D eigenvalue weighted by Crippen LogP contribution is -2.48. The molecule has 1 N–H and O–H groups in total. The third-order valence-electron chi connectivity index (χ3n) is 10.9. The lowest BCUT2D eigenvalue weighted by Gasteiger charge is -2.43. The predicted molar refractivity (Wildman–Crippen MR) is 177 cm³/mol. The largest absolute Gasteiger partial charge is 0.497 e. The highest BCUT2D eigenvalue weighted by Gasteiger charge is 2.64. The zero-order valence-electron chi connectivity index (χ0n) is 28.0. The van der Waals surface area contributed by atoms with Crippen LogP contribution in [-0.2, 0) is 17.7 Å². The van der Waals surface area contributed by atoms with Gasteiger partial charge in [0.15, 0.2) is 17.4 Å². The molecule has 4 aliphatic rings. The second-order valence-corrected chi connectivity index (χ2v) is 13.8. The number of aliphatic hydroxyl groups is 1. The van der Waals surface area contributed by atoms with Crippen molar-refractivity contribution in [3.8, 4) is 11.5 Å². The average Bonchev–Trinajstić information content (AvgIpc) is 3.54. The highest BCUT2D eigenvalue weighted by atomic mass is 19.2. The number of ether oxygens (including phenoxy) is 3. The number of carbonyl (C=O) groups is 2. The molecule has 254 valence electrons. The molecule has 9 heteroatoms. The Morgan fingerprint density at radius 3 is 2.58 bits per heavy atom. The van der Waals surface area contributed by atoms with Crippen LogP contribution in [0.1, 0.15) is 90.9 Å². The summed E-state index contributed by atoms with van der Waals surface area (Å²) in [6.07, 6.45) is 5.54. The molecule has 0 aromatic heterocycles. The number of carbonyl (C=O) groups excluding carboxylic acids is 2. The maximum Gasteiger partial charge on any atom is 0.410 e. The molecule has 1 heterocycles. The summed E-state index contributed by atoms with van der Waals surface area (Å²) in [7, 11) is 3.17. The minimum Gasteiger partial charge on any atom is -0.497 e. The summed E-state index contributed by atoms with van der Waals surface area (Å²) in [6.45, 7) is 4.90. The van der Waals surface area contributed by atoms with Crippen molar-refractivity contribution in [2.75, 3.05) is 20.8 Å². The maximum absolute atomic E-state index is 14.3. The minimum atomic E-state index is -1.09. The maximum atomic E-state index is 14.3. The molecule has 2 bridgehead atoms. The van der Waals surface area contributed by atoms with Crippen molar-refractivity contribution in [1.82, 2.24) is 4.90 Å². The van der Waals surface area contributed by atoms with Crippen molar-refractivity contribution in [2.24, 2.45) is 5.41 Å². The summed E-state index contributed by atoms with van der Waals surface area (Å²) < 4.78 is 45.6. The van der Waals surface area contributed by atoms with Gasteiger partial charge in [-0.25, -0.2) is 13.6 Å². The van der Waals surface area contributed by atoms with Crippen LogP contribution >= 0.6 is 0 Å². The van der Waals surface area contributed by atoms with E-state index in [-0.39, 0.29) is 11.5 Å². The monoisotopic (exact) mass is 659 g/mol. The average molecular weight is 660 g/mol. The number of fused-ring (bicyclic) bond motifs is 8. The Morgan fingerprint density at radius 2 is 1.83 bits per heavy atom. The van der Waals surface area contributed by atoms with Crippen LogP contribution in [0.2, 0.25) is 0 Å². The van der Waals surface area contributed by atoms with Crippen molar-refractivity contribution in [1.29, 1.82) is 0 Å². The molecule has 0 unspecified atom stereocenters. The molecule has 2 fully saturated rings. The van der Waals surface area contributed by atoms with Crippen LogP contribution in [0, 0.1) is 17.0 Å². The van der Waals surface area contributed by atoms with E-state index in [0.29, 0.717) is 62.3 Å². The van der Waals surface area contributed by atoms with Crippen LogP contribution in [0.5, 0.6) is 11.5 Å².